The molecule has 2 fully saturated rings. The summed E-state index contributed by atoms with van der Waals surface area (Å²) in [6.07, 6.45) is 8.84. The van der Waals surface area contributed by atoms with Gasteiger partial charge in [0, 0.05) is 13.1 Å². The number of nitrogens with one attached hydrogen (secondary N) is 1. The monoisotopic (exact) mass is 331 g/mol. The Bertz CT molecular complexity index is 406. The summed E-state index contributed by atoms with van der Waals surface area (Å²) in [4.78, 5) is 5.13. The van der Waals surface area contributed by atoms with E-state index in [1.54, 1.807) is 0 Å². The Hall–Kier alpha value is -0.170. The molecule has 0 aromatic heterocycles. The van der Waals surface area contributed by atoms with E-state index in [1.165, 1.54) is 65.2 Å². The lowest BCUT2D eigenvalue weighted by molar-refractivity contribution is 0.134. The lowest BCUT2D eigenvalue weighted by Crippen LogP contribution is -2.42. The van der Waals surface area contributed by atoms with Crippen molar-refractivity contribution in [2.45, 2.75) is 44.9 Å². The van der Waals surface area contributed by atoms with Crippen LogP contribution in [0.1, 0.15) is 44.9 Å². The number of rotatable bonds is 7. The molecule has 2 heterocycles. The number of likely N-dealkylation sites (tertiary alicyclic amines) is 2. The third-order valence-electron chi connectivity index (χ3n) is 5.02. The largest absolute Gasteiger partial charge is 0.303 e. The minimum Gasteiger partial charge on any atom is -0.303 e. The highest BCUT2D eigenvalue weighted by Gasteiger charge is 2.22. The molecular weight excluding hydrogens is 298 g/mol. The first-order valence-corrected chi connectivity index (χ1v) is 10.6. The molecule has 2 aliphatic heterocycles. The van der Waals surface area contributed by atoms with Gasteiger partial charge in [-0.25, -0.2) is 13.1 Å². The SMILES string of the molecule is CNS(=O)(=O)CCCN1CCC[C@@H](CN2CCCCCC2)C1. The summed E-state index contributed by atoms with van der Waals surface area (Å²) in [5.41, 5.74) is 0. The van der Waals surface area contributed by atoms with Gasteiger partial charge in [-0.05, 0) is 71.2 Å². The van der Waals surface area contributed by atoms with E-state index in [2.05, 4.69) is 14.5 Å². The van der Waals surface area contributed by atoms with Crippen molar-refractivity contribution >= 4 is 10.0 Å². The highest BCUT2D eigenvalue weighted by Crippen LogP contribution is 2.20. The maximum atomic E-state index is 11.5. The molecule has 130 valence electrons. The van der Waals surface area contributed by atoms with Crippen LogP contribution in [-0.4, -0.2) is 70.3 Å². The molecule has 1 N–H and O–H groups in total. The predicted octanol–water partition coefficient (Wildman–Crippen LogP) is 1.51. The number of sulfonamides is 1. The van der Waals surface area contributed by atoms with Crippen LogP contribution in [0.15, 0.2) is 0 Å². The molecule has 0 aromatic carbocycles. The lowest BCUT2D eigenvalue weighted by Gasteiger charge is -2.35. The summed E-state index contributed by atoms with van der Waals surface area (Å²) in [6, 6.07) is 0. The molecule has 0 radical (unpaired) electrons. The topological polar surface area (TPSA) is 52.7 Å². The van der Waals surface area contributed by atoms with E-state index in [4.69, 9.17) is 0 Å². The molecule has 0 aromatic rings. The van der Waals surface area contributed by atoms with E-state index in [-0.39, 0.29) is 5.75 Å². The lowest BCUT2D eigenvalue weighted by atomic mass is 9.97. The number of piperidine rings is 1. The quantitative estimate of drug-likeness (QED) is 0.768. The van der Waals surface area contributed by atoms with Gasteiger partial charge in [0.1, 0.15) is 0 Å². The minimum absolute atomic E-state index is 0.247. The Balaban J connectivity index is 1.69. The van der Waals surface area contributed by atoms with Crippen LogP contribution in [0, 0.1) is 5.92 Å². The van der Waals surface area contributed by atoms with Crippen molar-refractivity contribution in [2.75, 3.05) is 52.1 Å². The van der Waals surface area contributed by atoms with Crippen molar-refractivity contribution in [1.29, 1.82) is 0 Å². The average Bonchev–Trinajstić information content (AvgIpc) is 2.76. The first-order valence-electron chi connectivity index (χ1n) is 8.95. The Morgan fingerprint density at radius 2 is 1.68 bits per heavy atom. The van der Waals surface area contributed by atoms with Gasteiger partial charge in [0.25, 0.3) is 0 Å². The molecule has 2 rings (SSSR count). The predicted molar refractivity (Wildman–Crippen MR) is 91.5 cm³/mol. The van der Waals surface area contributed by atoms with E-state index in [0.29, 0.717) is 0 Å². The fraction of sp³-hybridized carbons (Fsp3) is 1.00. The molecule has 2 aliphatic rings. The molecule has 22 heavy (non-hydrogen) atoms. The summed E-state index contributed by atoms with van der Waals surface area (Å²) >= 11 is 0. The Kier molecular flexibility index (Phi) is 7.60. The second-order valence-corrected chi connectivity index (χ2v) is 8.95. The van der Waals surface area contributed by atoms with Crippen LogP contribution in [0.4, 0.5) is 0 Å². The zero-order chi connectivity index (χ0) is 15.8. The van der Waals surface area contributed by atoms with Crippen molar-refractivity contribution in [3.05, 3.63) is 0 Å². The van der Waals surface area contributed by atoms with Gasteiger partial charge in [-0.3, -0.25) is 0 Å². The fourth-order valence-corrected chi connectivity index (χ4v) is 4.48. The van der Waals surface area contributed by atoms with E-state index in [1.807, 2.05) is 0 Å². The number of hydrogen-bond acceptors (Lipinski definition) is 4. The zero-order valence-corrected chi connectivity index (χ0v) is 14.9. The maximum absolute atomic E-state index is 11.5. The fourth-order valence-electron chi connectivity index (χ4n) is 3.77. The summed E-state index contributed by atoms with van der Waals surface area (Å²) in [5.74, 6) is 1.02. The van der Waals surface area contributed by atoms with E-state index >= 15 is 0 Å². The Labute approximate surface area is 136 Å². The van der Waals surface area contributed by atoms with Crippen molar-refractivity contribution < 1.29 is 8.42 Å². The van der Waals surface area contributed by atoms with Crippen LogP contribution in [0.2, 0.25) is 0 Å². The molecule has 2 saturated heterocycles. The van der Waals surface area contributed by atoms with E-state index in [9.17, 15) is 8.42 Å². The highest BCUT2D eigenvalue weighted by molar-refractivity contribution is 7.89. The average molecular weight is 332 g/mol. The molecule has 6 heteroatoms. The van der Waals surface area contributed by atoms with Crippen LogP contribution in [0.25, 0.3) is 0 Å². The Morgan fingerprint density at radius 1 is 1.00 bits per heavy atom. The minimum atomic E-state index is -3.05. The normalized spacial score (nSPS) is 26.0. The standard InChI is InChI=1S/C16H33N3O2S/c1-17-22(20,21)13-7-12-19-11-6-8-16(15-19)14-18-9-4-2-3-5-10-18/h16-17H,2-15H2,1H3/t16-/m0/s1. The van der Waals surface area contributed by atoms with Gasteiger partial charge in [-0.1, -0.05) is 12.8 Å². The van der Waals surface area contributed by atoms with Crippen LogP contribution < -0.4 is 4.72 Å². The van der Waals surface area contributed by atoms with Gasteiger partial charge in [0.15, 0.2) is 0 Å². The summed E-state index contributed by atoms with van der Waals surface area (Å²) in [6.45, 7) is 6.99. The molecule has 0 bridgehead atoms. The van der Waals surface area contributed by atoms with Gasteiger partial charge in [0.2, 0.25) is 10.0 Å². The summed E-state index contributed by atoms with van der Waals surface area (Å²) in [5, 5.41) is 0. The third-order valence-corrected chi connectivity index (χ3v) is 6.46. The molecule has 0 spiro atoms. The van der Waals surface area contributed by atoms with Crippen molar-refractivity contribution in [1.82, 2.24) is 14.5 Å². The second-order valence-electron chi connectivity index (χ2n) is 6.90. The van der Waals surface area contributed by atoms with Crippen molar-refractivity contribution in [3.63, 3.8) is 0 Å². The molecule has 0 unspecified atom stereocenters. The van der Waals surface area contributed by atoms with Gasteiger partial charge < -0.3 is 9.80 Å². The molecule has 5 nitrogen and oxygen atoms in total. The van der Waals surface area contributed by atoms with Crippen LogP contribution in [0.3, 0.4) is 0 Å². The molecule has 0 saturated carbocycles. The van der Waals surface area contributed by atoms with Crippen molar-refractivity contribution in [2.24, 2.45) is 5.92 Å². The molecule has 0 aliphatic carbocycles. The summed E-state index contributed by atoms with van der Waals surface area (Å²) < 4.78 is 25.3. The van der Waals surface area contributed by atoms with Gasteiger partial charge in [-0.2, -0.15) is 0 Å². The Morgan fingerprint density at radius 3 is 2.36 bits per heavy atom. The first-order chi connectivity index (χ1) is 10.6. The van der Waals surface area contributed by atoms with Gasteiger partial charge in [0.05, 0.1) is 5.75 Å². The van der Waals surface area contributed by atoms with Crippen molar-refractivity contribution in [3.8, 4) is 0 Å². The zero-order valence-electron chi connectivity index (χ0n) is 14.1. The number of nitrogens with zero attached hydrogens (tertiary/aromatic N) is 2. The smallest absolute Gasteiger partial charge is 0.211 e. The van der Waals surface area contributed by atoms with E-state index < -0.39 is 10.0 Å². The number of hydrogen-bond donors (Lipinski definition) is 1. The maximum Gasteiger partial charge on any atom is 0.211 e. The third kappa shape index (κ3) is 6.52. The van der Waals surface area contributed by atoms with Crippen LogP contribution in [-0.2, 0) is 10.0 Å². The molecule has 0 amide bonds. The van der Waals surface area contributed by atoms with Gasteiger partial charge in [-0.15, -0.1) is 0 Å². The molecule has 1 atom stereocenters. The summed E-state index contributed by atoms with van der Waals surface area (Å²) in [7, 11) is -1.55. The van der Waals surface area contributed by atoms with Crippen LogP contribution >= 0.6 is 0 Å². The molecular formula is C16H33N3O2S. The van der Waals surface area contributed by atoms with E-state index in [0.717, 1.165) is 32.0 Å². The second kappa shape index (κ2) is 9.21. The van der Waals surface area contributed by atoms with Crippen LogP contribution in [0.5, 0.6) is 0 Å². The first kappa shape index (κ1) is 18.2. The van der Waals surface area contributed by atoms with Gasteiger partial charge >= 0.3 is 0 Å². The highest BCUT2D eigenvalue weighted by atomic mass is 32.2.